The van der Waals surface area contributed by atoms with Gasteiger partial charge in [0.05, 0.1) is 0 Å². The Hall–Kier alpha value is -2.40. The summed E-state index contributed by atoms with van der Waals surface area (Å²) in [4.78, 5) is 11.9. The van der Waals surface area contributed by atoms with Crippen molar-refractivity contribution in [2.24, 2.45) is 5.92 Å². The molecule has 0 aliphatic rings. The van der Waals surface area contributed by atoms with Gasteiger partial charge < -0.3 is 15.2 Å². The highest BCUT2D eigenvalue weighted by atomic mass is 19.1. The van der Waals surface area contributed by atoms with Crippen LogP contribution in [0.2, 0.25) is 0 Å². The van der Waals surface area contributed by atoms with Gasteiger partial charge in [-0.25, -0.2) is 4.39 Å². The molecule has 0 aliphatic heterocycles. The average molecular weight is 345 g/mol. The van der Waals surface area contributed by atoms with Crippen LogP contribution in [0.25, 0.3) is 0 Å². The van der Waals surface area contributed by atoms with Crippen LogP contribution >= 0.6 is 0 Å². The third-order valence-corrected chi connectivity index (χ3v) is 3.85. The van der Waals surface area contributed by atoms with E-state index in [1.54, 1.807) is 12.1 Å². The Morgan fingerprint density at radius 1 is 1.16 bits per heavy atom. The molecule has 0 aromatic heterocycles. The van der Waals surface area contributed by atoms with E-state index in [1.165, 1.54) is 12.1 Å². The van der Waals surface area contributed by atoms with Crippen LogP contribution in [-0.2, 0) is 11.2 Å². The van der Waals surface area contributed by atoms with Crippen molar-refractivity contribution in [2.75, 3.05) is 19.8 Å². The summed E-state index contributed by atoms with van der Waals surface area (Å²) >= 11 is 0. The van der Waals surface area contributed by atoms with Crippen LogP contribution in [0.3, 0.4) is 0 Å². The first kappa shape index (κ1) is 18.9. The van der Waals surface area contributed by atoms with E-state index >= 15 is 0 Å². The molecule has 2 aromatic rings. The Labute approximate surface area is 147 Å². The lowest BCUT2D eigenvalue weighted by Gasteiger charge is -2.15. The van der Waals surface area contributed by atoms with E-state index in [2.05, 4.69) is 5.32 Å². The number of hydrogen-bond acceptors (Lipinski definition) is 3. The van der Waals surface area contributed by atoms with Gasteiger partial charge in [-0.2, -0.15) is 0 Å². The van der Waals surface area contributed by atoms with Crippen molar-refractivity contribution >= 4 is 5.91 Å². The molecule has 2 N–H and O–H groups in total. The van der Waals surface area contributed by atoms with Crippen molar-refractivity contribution in [3.8, 4) is 5.75 Å². The van der Waals surface area contributed by atoms with Gasteiger partial charge in [-0.1, -0.05) is 18.2 Å². The minimum absolute atomic E-state index is 0.0599. The first-order valence-electron chi connectivity index (χ1n) is 8.29. The standard InChI is InChI=1S/C20H24FNO3/c1-14-7-15(2)9-19(8-14)25-13-20(24)22-11-17(12-23)10-16-3-5-18(21)6-4-16/h3-9,17,23H,10-13H2,1-2H3,(H,22,24)/t17-/m0/s1. The van der Waals surface area contributed by atoms with Gasteiger partial charge in [-0.15, -0.1) is 0 Å². The van der Waals surface area contributed by atoms with Gasteiger partial charge in [0.15, 0.2) is 6.61 Å². The minimum atomic E-state index is -0.291. The average Bonchev–Trinajstić information content (AvgIpc) is 2.57. The van der Waals surface area contributed by atoms with E-state index in [0.717, 1.165) is 16.7 Å². The van der Waals surface area contributed by atoms with Crippen LogP contribution < -0.4 is 10.1 Å². The predicted molar refractivity (Wildman–Crippen MR) is 95.1 cm³/mol. The van der Waals surface area contributed by atoms with E-state index in [9.17, 15) is 14.3 Å². The number of nitrogens with one attached hydrogen (secondary N) is 1. The predicted octanol–water partition coefficient (Wildman–Crippen LogP) is 2.79. The van der Waals surface area contributed by atoms with Gasteiger partial charge in [-0.3, -0.25) is 4.79 Å². The summed E-state index contributed by atoms with van der Waals surface area (Å²) in [5.41, 5.74) is 3.08. The van der Waals surface area contributed by atoms with Crippen LogP contribution in [0.1, 0.15) is 16.7 Å². The number of halogens is 1. The van der Waals surface area contributed by atoms with Gasteiger partial charge in [0.25, 0.3) is 5.91 Å². The van der Waals surface area contributed by atoms with Gasteiger partial charge in [0.2, 0.25) is 0 Å². The van der Waals surface area contributed by atoms with Gasteiger partial charge in [0, 0.05) is 19.1 Å². The first-order valence-corrected chi connectivity index (χ1v) is 8.29. The summed E-state index contributed by atoms with van der Waals surface area (Å²) in [5, 5.41) is 12.2. The van der Waals surface area contributed by atoms with Crippen LogP contribution in [0.5, 0.6) is 5.75 Å². The number of hydrogen-bond donors (Lipinski definition) is 2. The second-order valence-corrected chi connectivity index (χ2v) is 6.30. The SMILES string of the molecule is Cc1cc(C)cc(OCC(=O)NC[C@@H](CO)Cc2ccc(F)cc2)c1. The highest BCUT2D eigenvalue weighted by Gasteiger charge is 2.11. The normalized spacial score (nSPS) is 11.8. The molecule has 0 saturated heterocycles. The number of aliphatic hydroxyl groups excluding tert-OH is 1. The summed E-state index contributed by atoms with van der Waals surface area (Å²) in [5.74, 6) is 0.00569. The number of aryl methyl sites for hydroxylation is 2. The quantitative estimate of drug-likeness (QED) is 0.773. The van der Waals surface area contributed by atoms with Crippen molar-refractivity contribution < 1.29 is 19.0 Å². The summed E-state index contributed by atoms with van der Waals surface area (Å²) in [7, 11) is 0. The van der Waals surface area contributed by atoms with Gasteiger partial charge in [0.1, 0.15) is 11.6 Å². The molecule has 134 valence electrons. The summed E-state index contributed by atoms with van der Waals surface area (Å²) in [6, 6.07) is 11.9. The fourth-order valence-corrected chi connectivity index (χ4v) is 2.63. The largest absolute Gasteiger partial charge is 0.484 e. The lowest BCUT2D eigenvalue weighted by atomic mass is 10.00. The maximum Gasteiger partial charge on any atom is 0.257 e. The molecular formula is C20H24FNO3. The molecule has 0 aliphatic carbocycles. The summed E-state index contributed by atoms with van der Waals surface area (Å²) in [6.07, 6.45) is 0.564. The molecule has 0 radical (unpaired) electrons. The lowest BCUT2D eigenvalue weighted by Crippen LogP contribution is -2.35. The maximum atomic E-state index is 12.9. The molecule has 0 bridgehead atoms. The molecular weight excluding hydrogens is 321 g/mol. The summed E-state index contributed by atoms with van der Waals surface area (Å²) in [6.45, 7) is 4.15. The van der Waals surface area contributed by atoms with Crippen LogP contribution in [0.4, 0.5) is 4.39 Å². The zero-order valence-corrected chi connectivity index (χ0v) is 14.6. The number of carbonyl (C=O) groups is 1. The fraction of sp³-hybridized carbons (Fsp3) is 0.350. The summed E-state index contributed by atoms with van der Waals surface area (Å²) < 4.78 is 18.4. The lowest BCUT2D eigenvalue weighted by molar-refractivity contribution is -0.123. The van der Waals surface area contributed by atoms with Crippen LogP contribution in [0, 0.1) is 25.6 Å². The van der Waals surface area contributed by atoms with E-state index in [0.29, 0.717) is 18.7 Å². The number of rotatable bonds is 8. The second-order valence-electron chi connectivity index (χ2n) is 6.30. The van der Waals surface area contributed by atoms with E-state index < -0.39 is 0 Å². The Bertz CT molecular complexity index is 680. The number of ether oxygens (including phenoxy) is 1. The van der Waals surface area contributed by atoms with Crippen molar-refractivity contribution in [2.45, 2.75) is 20.3 Å². The van der Waals surface area contributed by atoms with Gasteiger partial charge >= 0.3 is 0 Å². The highest BCUT2D eigenvalue weighted by Crippen LogP contribution is 2.16. The van der Waals surface area contributed by atoms with Crippen molar-refractivity contribution in [3.63, 3.8) is 0 Å². The molecule has 1 atom stereocenters. The molecule has 1 amide bonds. The van der Waals surface area contributed by atoms with Crippen molar-refractivity contribution in [3.05, 3.63) is 65.0 Å². The molecule has 0 unspecified atom stereocenters. The monoisotopic (exact) mass is 345 g/mol. The van der Waals surface area contributed by atoms with Crippen LogP contribution in [-0.4, -0.2) is 30.8 Å². The molecule has 5 heteroatoms. The molecule has 0 spiro atoms. The topological polar surface area (TPSA) is 58.6 Å². The molecule has 2 aromatic carbocycles. The van der Waals surface area contributed by atoms with Crippen molar-refractivity contribution in [1.82, 2.24) is 5.32 Å². The number of amides is 1. The Morgan fingerprint density at radius 2 is 1.80 bits per heavy atom. The third kappa shape index (κ3) is 6.55. The smallest absolute Gasteiger partial charge is 0.257 e. The molecule has 0 saturated carbocycles. The molecule has 25 heavy (non-hydrogen) atoms. The highest BCUT2D eigenvalue weighted by molar-refractivity contribution is 5.77. The van der Waals surface area contributed by atoms with Crippen LogP contribution in [0.15, 0.2) is 42.5 Å². The number of benzene rings is 2. The van der Waals surface area contributed by atoms with Gasteiger partial charge in [-0.05, 0) is 61.2 Å². The fourth-order valence-electron chi connectivity index (χ4n) is 2.63. The Balaban J connectivity index is 1.78. The number of aliphatic hydroxyl groups is 1. The third-order valence-electron chi connectivity index (χ3n) is 3.85. The van der Waals surface area contributed by atoms with E-state index in [-0.39, 0.29) is 30.9 Å². The molecule has 0 heterocycles. The molecule has 2 rings (SSSR count). The van der Waals surface area contributed by atoms with E-state index in [4.69, 9.17) is 4.74 Å². The molecule has 4 nitrogen and oxygen atoms in total. The maximum absolute atomic E-state index is 12.9. The zero-order valence-electron chi connectivity index (χ0n) is 14.6. The first-order chi connectivity index (χ1) is 12.0. The second kappa shape index (κ2) is 9.18. The number of carbonyl (C=O) groups excluding carboxylic acids is 1. The van der Waals surface area contributed by atoms with Crippen molar-refractivity contribution in [1.29, 1.82) is 0 Å². The molecule has 0 fully saturated rings. The zero-order chi connectivity index (χ0) is 18.2. The van der Waals surface area contributed by atoms with E-state index in [1.807, 2.05) is 32.0 Å². The Morgan fingerprint density at radius 3 is 2.40 bits per heavy atom. The Kier molecular flexibility index (Phi) is 6.95. The minimum Gasteiger partial charge on any atom is -0.484 e.